The topological polar surface area (TPSA) is 83.1 Å². The fraction of sp³-hybridized carbons (Fsp3) is 0.316. The molecule has 2 heterocycles. The third-order valence-corrected chi connectivity index (χ3v) is 5.54. The number of rotatable bonds is 6. The van der Waals surface area contributed by atoms with E-state index in [2.05, 4.69) is 33.6 Å². The second kappa shape index (κ2) is 9.60. The Morgan fingerprint density at radius 1 is 1.14 bits per heavy atom. The number of pyridine rings is 1. The molecule has 0 spiro atoms. The monoisotopic (exact) mass is 438 g/mol. The lowest BCUT2D eigenvalue weighted by molar-refractivity contribution is 0.0934. The number of nitrogens with one attached hydrogen (secondary N) is 3. The zero-order valence-corrected chi connectivity index (χ0v) is 17.3. The van der Waals surface area contributed by atoms with Gasteiger partial charge in [-0.2, -0.15) is 12.6 Å². The van der Waals surface area contributed by atoms with Gasteiger partial charge in [0.05, 0.1) is 15.6 Å². The Morgan fingerprint density at radius 2 is 1.96 bits per heavy atom. The van der Waals surface area contributed by atoms with E-state index >= 15 is 0 Å². The molecule has 1 saturated heterocycles. The van der Waals surface area contributed by atoms with Crippen LogP contribution in [-0.4, -0.2) is 41.2 Å². The van der Waals surface area contributed by atoms with Gasteiger partial charge in [-0.05, 0) is 36.2 Å². The third-order valence-electron chi connectivity index (χ3n) is 4.40. The van der Waals surface area contributed by atoms with Crippen LogP contribution in [0.3, 0.4) is 0 Å². The molecule has 2 aromatic rings. The zero-order valence-electron chi connectivity index (χ0n) is 14.9. The van der Waals surface area contributed by atoms with Crippen LogP contribution in [0.1, 0.15) is 32.8 Å². The van der Waals surface area contributed by atoms with E-state index in [0.717, 1.165) is 18.5 Å². The summed E-state index contributed by atoms with van der Waals surface area (Å²) in [6.07, 6.45) is 2.30. The largest absolute Gasteiger partial charge is 0.349 e. The summed E-state index contributed by atoms with van der Waals surface area (Å²) in [4.78, 5) is 28.5. The molecule has 0 saturated carbocycles. The number of hydrogen-bond donors (Lipinski definition) is 4. The van der Waals surface area contributed by atoms with Gasteiger partial charge < -0.3 is 16.0 Å². The molecule has 6 nitrogen and oxygen atoms in total. The van der Waals surface area contributed by atoms with Gasteiger partial charge in [0.25, 0.3) is 11.8 Å². The van der Waals surface area contributed by atoms with Gasteiger partial charge in [0.1, 0.15) is 5.69 Å². The highest BCUT2D eigenvalue weighted by molar-refractivity contribution is 7.81. The fourth-order valence-electron chi connectivity index (χ4n) is 2.86. The van der Waals surface area contributed by atoms with Crippen LogP contribution in [0.4, 0.5) is 0 Å². The smallest absolute Gasteiger partial charge is 0.269 e. The summed E-state index contributed by atoms with van der Waals surface area (Å²) in [5.74, 6) is -0.562. The maximum Gasteiger partial charge on any atom is 0.269 e. The number of hydrogen-bond acceptors (Lipinski definition) is 5. The van der Waals surface area contributed by atoms with E-state index < -0.39 is 0 Å². The van der Waals surface area contributed by atoms with Crippen molar-refractivity contribution >= 4 is 47.6 Å². The van der Waals surface area contributed by atoms with Gasteiger partial charge in [-0.25, -0.2) is 0 Å². The van der Waals surface area contributed by atoms with E-state index in [1.807, 2.05) is 0 Å². The predicted octanol–water partition coefficient (Wildman–Crippen LogP) is 2.71. The average molecular weight is 439 g/mol. The Hall–Kier alpha value is -1.80. The number of aromatic nitrogens is 1. The predicted molar refractivity (Wildman–Crippen MR) is 113 cm³/mol. The normalized spacial score (nSPS) is 18.7. The highest BCUT2D eigenvalue weighted by atomic mass is 35.5. The van der Waals surface area contributed by atoms with Gasteiger partial charge in [0.15, 0.2) is 0 Å². The van der Waals surface area contributed by atoms with Gasteiger partial charge in [-0.3, -0.25) is 14.6 Å². The van der Waals surface area contributed by atoms with Crippen molar-refractivity contribution in [2.75, 3.05) is 13.1 Å². The van der Waals surface area contributed by atoms with Crippen LogP contribution in [0.5, 0.6) is 0 Å². The molecule has 2 atom stereocenters. The fourth-order valence-corrected chi connectivity index (χ4v) is 3.54. The maximum absolute atomic E-state index is 12.3. The first-order chi connectivity index (χ1) is 13.4. The quantitative estimate of drug-likeness (QED) is 0.522. The molecule has 9 heteroatoms. The van der Waals surface area contributed by atoms with Crippen molar-refractivity contribution in [3.8, 4) is 0 Å². The molecule has 28 heavy (non-hydrogen) atoms. The van der Waals surface area contributed by atoms with E-state index in [4.69, 9.17) is 23.2 Å². The molecule has 3 N–H and O–H groups in total. The van der Waals surface area contributed by atoms with E-state index in [1.165, 1.54) is 12.3 Å². The minimum Gasteiger partial charge on any atom is -0.349 e. The summed E-state index contributed by atoms with van der Waals surface area (Å²) in [5, 5.41) is 10.1. The number of carbonyl (C=O) groups is 2. The Kier molecular flexibility index (Phi) is 7.18. The van der Waals surface area contributed by atoms with Crippen LogP contribution in [0.2, 0.25) is 10.0 Å². The van der Waals surface area contributed by atoms with E-state index in [-0.39, 0.29) is 23.6 Å². The standard InChI is InChI=1S/C19H20Cl2N4O2S/c20-15-3-1-11(5-16(15)21)7-24-18(26)12-2-4-17(23-8-12)19(27)25-9-13-6-14(28)10-22-13/h1-5,8,13-14,22,28H,6-7,9-10H2,(H,24,26)(H,25,27)/t13-,14-/m0/s1. The number of benzene rings is 1. The Balaban J connectivity index is 1.50. The highest BCUT2D eigenvalue weighted by Crippen LogP contribution is 2.22. The first kappa shape index (κ1) is 20.9. The lowest BCUT2D eigenvalue weighted by Crippen LogP contribution is -2.37. The van der Waals surface area contributed by atoms with Crippen LogP contribution in [0.25, 0.3) is 0 Å². The first-order valence-electron chi connectivity index (χ1n) is 8.80. The molecule has 3 rings (SSSR count). The lowest BCUT2D eigenvalue weighted by Gasteiger charge is -2.11. The molecule has 1 aromatic carbocycles. The Bertz CT molecular complexity index is 864. The molecule has 1 aliphatic heterocycles. The number of carbonyl (C=O) groups excluding carboxylic acids is 2. The van der Waals surface area contributed by atoms with Crippen LogP contribution < -0.4 is 16.0 Å². The molecule has 0 aliphatic carbocycles. The van der Waals surface area contributed by atoms with Crippen molar-refractivity contribution < 1.29 is 9.59 Å². The van der Waals surface area contributed by atoms with Crippen molar-refractivity contribution in [2.45, 2.75) is 24.3 Å². The van der Waals surface area contributed by atoms with Gasteiger partial charge in [-0.1, -0.05) is 29.3 Å². The van der Waals surface area contributed by atoms with E-state index in [1.54, 1.807) is 24.3 Å². The van der Waals surface area contributed by atoms with Gasteiger partial charge >= 0.3 is 0 Å². The van der Waals surface area contributed by atoms with Crippen molar-refractivity contribution in [3.63, 3.8) is 0 Å². The molecule has 0 radical (unpaired) electrons. The summed E-state index contributed by atoms with van der Waals surface area (Å²) in [6.45, 7) is 1.66. The number of nitrogens with zero attached hydrogens (tertiary/aromatic N) is 1. The van der Waals surface area contributed by atoms with E-state index in [0.29, 0.717) is 33.9 Å². The van der Waals surface area contributed by atoms with E-state index in [9.17, 15) is 9.59 Å². The van der Waals surface area contributed by atoms with Crippen molar-refractivity contribution in [3.05, 3.63) is 63.4 Å². The molecule has 1 aliphatic rings. The first-order valence-corrected chi connectivity index (χ1v) is 10.1. The van der Waals surface area contributed by atoms with Crippen LogP contribution in [0, 0.1) is 0 Å². The minimum atomic E-state index is -0.291. The number of thiol groups is 1. The lowest BCUT2D eigenvalue weighted by atomic mass is 10.2. The zero-order chi connectivity index (χ0) is 20.1. The molecular weight excluding hydrogens is 419 g/mol. The minimum absolute atomic E-state index is 0.220. The summed E-state index contributed by atoms with van der Waals surface area (Å²) >= 11 is 16.3. The number of amides is 2. The van der Waals surface area contributed by atoms with Crippen molar-refractivity contribution in [1.29, 1.82) is 0 Å². The van der Waals surface area contributed by atoms with Crippen LogP contribution in [-0.2, 0) is 6.54 Å². The summed E-state index contributed by atoms with van der Waals surface area (Å²) in [6, 6.07) is 8.49. The molecule has 1 fully saturated rings. The maximum atomic E-state index is 12.3. The summed E-state index contributed by atoms with van der Waals surface area (Å²) in [7, 11) is 0. The summed E-state index contributed by atoms with van der Waals surface area (Å²) in [5.41, 5.74) is 1.46. The third kappa shape index (κ3) is 5.61. The SMILES string of the molecule is O=C(NCc1ccc(Cl)c(Cl)c1)c1ccc(C(=O)NC[C@@H]2C[C@H](S)CN2)nc1. The van der Waals surface area contributed by atoms with Crippen LogP contribution >= 0.6 is 35.8 Å². The molecule has 1 aromatic heterocycles. The second-order valence-corrected chi connectivity index (χ2v) is 8.11. The summed E-state index contributed by atoms with van der Waals surface area (Å²) < 4.78 is 0. The second-order valence-electron chi connectivity index (χ2n) is 6.57. The van der Waals surface area contributed by atoms with Crippen LogP contribution in [0.15, 0.2) is 36.5 Å². The highest BCUT2D eigenvalue weighted by Gasteiger charge is 2.21. The number of halogens is 2. The van der Waals surface area contributed by atoms with Gasteiger partial charge in [-0.15, -0.1) is 0 Å². The molecule has 0 unspecified atom stereocenters. The molecule has 2 amide bonds. The molecular formula is C19H20Cl2N4O2S. The average Bonchev–Trinajstić information content (AvgIpc) is 3.12. The molecule has 148 valence electrons. The molecule has 0 bridgehead atoms. The Morgan fingerprint density at radius 3 is 2.61 bits per heavy atom. The van der Waals surface area contributed by atoms with Gasteiger partial charge in [0.2, 0.25) is 0 Å². The Labute approximate surface area is 178 Å². The van der Waals surface area contributed by atoms with Crippen molar-refractivity contribution in [2.24, 2.45) is 0 Å². The van der Waals surface area contributed by atoms with Crippen molar-refractivity contribution in [1.82, 2.24) is 20.9 Å². The van der Waals surface area contributed by atoms with Gasteiger partial charge in [0, 0.05) is 37.1 Å².